The summed E-state index contributed by atoms with van der Waals surface area (Å²) in [5.41, 5.74) is 2.54. The van der Waals surface area contributed by atoms with Crippen LogP contribution < -0.4 is 10.1 Å². The molecule has 12 heteroatoms. The average molecular weight is 621 g/mol. The molecule has 2 aromatic heterocycles. The lowest BCUT2D eigenvalue weighted by Gasteiger charge is -2.38. The van der Waals surface area contributed by atoms with Gasteiger partial charge in [-0.15, -0.1) is 0 Å². The van der Waals surface area contributed by atoms with Crippen molar-refractivity contribution < 1.29 is 19.4 Å². The van der Waals surface area contributed by atoms with Crippen molar-refractivity contribution in [2.24, 2.45) is 4.99 Å². The number of aliphatic imine (C=N–C) groups is 1. The Labute approximate surface area is 267 Å². The van der Waals surface area contributed by atoms with Crippen LogP contribution in [0.5, 0.6) is 5.75 Å². The molecule has 0 aliphatic carbocycles. The number of ether oxygens (including phenoxy) is 1. The van der Waals surface area contributed by atoms with Crippen LogP contribution in [0.1, 0.15) is 16.7 Å². The van der Waals surface area contributed by atoms with Crippen molar-refractivity contribution in [2.45, 2.75) is 12.1 Å². The van der Waals surface area contributed by atoms with Crippen LogP contribution in [-0.4, -0.2) is 93.7 Å². The molecule has 3 aromatic carbocycles. The predicted molar refractivity (Wildman–Crippen MR) is 175 cm³/mol. The SMILES string of the molecule is COc1ccc(C(NCCN(CC(=O)O)C(=O)Cn2ncc3c(N=CN(C)C)ncnc32)(c2ccccc2)c2ccccc2)cc1. The number of aromatic nitrogens is 4. The molecule has 2 N–H and O–H groups in total. The summed E-state index contributed by atoms with van der Waals surface area (Å²) in [4.78, 5) is 41.5. The Hall–Kier alpha value is -5.62. The molecule has 46 heavy (non-hydrogen) atoms. The number of carboxylic acid groups (broad SMARTS) is 1. The molecular weight excluding hydrogens is 584 g/mol. The first-order valence-corrected chi connectivity index (χ1v) is 14.7. The minimum Gasteiger partial charge on any atom is -0.497 e. The first-order chi connectivity index (χ1) is 22.3. The molecule has 0 spiro atoms. The van der Waals surface area contributed by atoms with Crippen molar-refractivity contribution in [3.05, 3.63) is 114 Å². The van der Waals surface area contributed by atoms with E-state index in [1.54, 1.807) is 24.5 Å². The highest BCUT2D eigenvalue weighted by atomic mass is 16.5. The minimum absolute atomic E-state index is 0.120. The number of amides is 1. The van der Waals surface area contributed by atoms with Gasteiger partial charge in [0.25, 0.3) is 0 Å². The number of hydrogen-bond acceptors (Lipinski definition) is 8. The number of nitrogens with zero attached hydrogens (tertiary/aromatic N) is 7. The second-order valence-corrected chi connectivity index (χ2v) is 10.8. The Kier molecular flexibility index (Phi) is 9.98. The smallest absolute Gasteiger partial charge is 0.323 e. The highest BCUT2D eigenvalue weighted by Crippen LogP contribution is 2.37. The van der Waals surface area contributed by atoms with Crippen molar-refractivity contribution in [2.75, 3.05) is 40.8 Å². The molecule has 0 atom stereocenters. The van der Waals surface area contributed by atoms with Gasteiger partial charge in [0.15, 0.2) is 11.5 Å². The molecule has 0 fully saturated rings. The number of rotatable bonds is 14. The van der Waals surface area contributed by atoms with E-state index in [4.69, 9.17) is 4.74 Å². The van der Waals surface area contributed by atoms with Gasteiger partial charge in [0.2, 0.25) is 5.91 Å². The molecular formula is C34H36N8O4. The van der Waals surface area contributed by atoms with E-state index in [2.05, 4.69) is 25.4 Å². The second-order valence-electron chi connectivity index (χ2n) is 10.8. The highest BCUT2D eigenvalue weighted by molar-refractivity contribution is 5.88. The van der Waals surface area contributed by atoms with E-state index < -0.39 is 24.0 Å². The zero-order valence-electron chi connectivity index (χ0n) is 25.9. The van der Waals surface area contributed by atoms with Crippen molar-refractivity contribution in [3.63, 3.8) is 0 Å². The monoisotopic (exact) mass is 620 g/mol. The number of aliphatic carboxylic acids is 1. The Morgan fingerprint density at radius 2 is 1.59 bits per heavy atom. The van der Waals surface area contributed by atoms with Crippen LogP contribution in [0.2, 0.25) is 0 Å². The van der Waals surface area contributed by atoms with E-state index in [1.165, 1.54) is 15.9 Å². The number of carboxylic acids is 1. The molecule has 236 valence electrons. The predicted octanol–water partition coefficient (Wildman–Crippen LogP) is 3.55. The maximum atomic E-state index is 13.6. The number of methoxy groups -OCH3 is 1. The zero-order chi connectivity index (χ0) is 32.5. The van der Waals surface area contributed by atoms with E-state index >= 15 is 0 Å². The summed E-state index contributed by atoms with van der Waals surface area (Å²) >= 11 is 0. The molecule has 0 saturated carbocycles. The van der Waals surface area contributed by atoms with Gasteiger partial charge in [0.05, 0.1) is 30.6 Å². The van der Waals surface area contributed by atoms with Crippen LogP contribution >= 0.6 is 0 Å². The van der Waals surface area contributed by atoms with Crippen LogP contribution in [0, 0.1) is 0 Å². The molecule has 0 radical (unpaired) electrons. The maximum Gasteiger partial charge on any atom is 0.323 e. The third-order valence-corrected chi connectivity index (χ3v) is 7.50. The summed E-state index contributed by atoms with van der Waals surface area (Å²) < 4.78 is 6.86. The third kappa shape index (κ3) is 7.02. The molecule has 2 heterocycles. The van der Waals surface area contributed by atoms with E-state index in [9.17, 15) is 14.7 Å². The van der Waals surface area contributed by atoms with E-state index in [0.29, 0.717) is 16.9 Å². The minimum atomic E-state index is -1.12. The van der Waals surface area contributed by atoms with E-state index in [1.807, 2.05) is 99.0 Å². The van der Waals surface area contributed by atoms with Crippen LogP contribution in [0.4, 0.5) is 5.82 Å². The van der Waals surface area contributed by atoms with Gasteiger partial charge < -0.3 is 19.6 Å². The third-order valence-electron chi connectivity index (χ3n) is 7.50. The number of carbonyl (C=O) groups excluding carboxylic acids is 1. The van der Waals surface area contributed by atoms with Crippen molar-refractivity contribution in [1.29, 1.82) is 0 Å². The van der Waals surface area contributed by atoms with Crippen LogP contribution in [0.3, 0.4) is 0 Å². The Morgan fingerprint density at radius 3 is 2.17 bits per heavy atom. The fourth-order valence-electron chi connectivity index (χ4n) is 5.35. The highest BCUT2D eigenvalue weighted by Gasteiger charge is 2.36. The van der Waals surface area contributed by atoms with Crippen molar-refractivity contribution in [1.82, 2.24) is 34.9 Å². The summed E-state index contributed by atoms with van der Waals surface area (Å²) in [5.74, 6) is -0.389. The van der Waals surface area contributed by atoms with Crippen LogP contribution in [0.15, 0.2) is 102 Å². The Morgan fingerprint density at radius 1 is 0.957 bits per heavy atom. The number of benzene rings is 3. The summed E-state index contributed by atoms with van der Waals surface area (Å²) in [6.07, 6.45) is 4.53. The van der Waals surface area contributed by atoms with Crippen LogP contribution in [-0.2, 0) is 21.7 Å². The Bertz CT molecular complexity index is 1750. The normalized spacial score (nSPS) is 11.5. The molecule has 5 rings (SSSR count). The molecule has 0 bridgehead atoms. The fourth-order valence-corrected chi connectivity index (χ4v) is 5.35. The number of nitrogens with one attached hydrogen (secondary N) is 1. The molecule has 0 saturated heterocycles. The fraction of sp³-hybridized carbons (Fsp3) is 0.235. The van der Waals surface area contributed by atoms with Gasteiger partial charge in [-0.2, -0.15) is 5.10 Å². The van der Waals surface area contributed by atoms with Gasteiger partial charge in [-0.05, 0) is 28.8 Å². The van der Waals surface area contributed by atoms with Gasteiger partial charge in [-0.3, -0.25) is 14.9 Å². The van der Waals surface area contributed by atoms with Crippen molar-refractivity contribution >= 4 is 35.1 Å². The van der Waals surface area contributed by atoms with Crippen molar-refractivity contribution in [3.8, 4) is 5.75 Å². The first-order valence-electron chi connectivity index (χ1n) is 14.7. The lowest BCUT2D eigenvalue weighted by Crippen LogP contribution is -2.49. The van der Waals surface area contributed by atoms with Gasteiger partial charge in [0.1, 0.15) is 25.2 Å². The molecule has 12 nitrogen and oxygen atoms in total. The van der Waals surface area contributed by atoms with Gasteiger partial charge in [-0.25, -0.2) is 19.6 Å². The summed E-state index contributed by atoms with van der Waals surface area (Å²) in [5, 5.41) is 18.4. The van der Waals surface area contributed by atoms with Crippen LogP contribution in [0.25, 0.3) is 11.0 Å². The number of carbonyl (C=O) groups is 2. The topological polar surface area (TPSA) is 138 Å². The Balaban J connectivity index is 1.43. The van der Waals surface area contributed by atoms with Gasteiger partial charge in [-0.1, -0.05) is 72.8 Å². The quantitative estimate of drug-likeness (QED) is 0.108. The first kappa shape index (κ1) is 31.8. The van der Waals surface area contributed by atoms with Gasteiger partial charge >= 0.3 is 5.97 Å². The molecule has 0 aliphatic rings. The lowest BCUT2D eigenvalue weighted by molar-refractivity contribution is -0.144. The summed E-state index contributed by atoms with van der Waals surface area (Å²) in [6, 6.07) is 27.9. The van der Waals surface area contributed by atoms with E-state index in [0.717, 1.165) is 22.4 Å². The molecule has 5 aromatic rings. The molecule has 0 unspecified atom stereocenters. The summed E-state index contributed by atoms with van der Waals surface area (Å²) in [6.45, 7) is -0.277. The lowest BCUT2D eigenvalue weighted by atomic mass is 9.77. The average Bonchev–Trinajstić information content (AvgIpc) is 3.49. The molecule has 0 aliphatic heterocycles. The molecule has 1 amide bonds. The largest absolute Gasteiger partial charge is 0.497 e. The summed E-state index contributed by atoms with van der Waals surface area (Å²) in [7, 11) is 5.31. The zero-order valence-corrected chi connectivity index (χ0v) is 25.9. The van der Waals surface area contributed by atoms with Gasteiger partial charge in [0, 0.05) is 27.2 Å². The standard InChI is InChI=1S/C34H36N8O4/c1-40(2)24-37-32-29-20-39-42(33(29)36-23-35-32)21-30(43)41(22-31(44)45)19-18-38-34(25-10-6-4-7-11-25,26-12-8-5-9-13-26)27-14-16-28(46-3)17-15-27/h4-17,20,23-24,38H,18-19,21-22H2,1-3H3,(H,44,45). The maximum absolute atomic E-state index is 13.6. The number of hydrogen-bond donors (Lipinski definition) is 2. The number of fused-ring (bicyclic) bond motifs is 1. The van der Waals surface area contributed by atoms with E-state index in [-0.39, 0.29) is 19.6 Å². The second kappa shape index (κ2) is 14.4.